The summed E-state index contributed by atoms with van der Waals surface area (Å²) in [6.45, 7) is 0. The highest BCUT2D eigenvalue weighted by Crippen LogP contribution is 2.39. The maximum atomic E-state index is 12.6. The average molecular weight is 337 g/mol. The quantitative estimate of drug-likeness (QED) is 0.835. The molecule has 3 N–H and O–H groups in total. The lowest BCUT2D eigenvalue weighted by molar-refractivity contribution is -0.137. The number of nitriles is 1. The lowest BCUT2D eigenvalue weighted by Gasteiger charge is -2.13. The third-order valence-electron chi connectivity index (χ3n) is 2.56. The first-order valence-electron chi connectivity index (χ1n) is 5.21. The van der Waals surface area contributed by atoms with Gasteiger partial charge in [-0.3, -0.25) is 0 Å². The van der Waals surface area contributed by atoms with Crippen molar-refractivity contribution in [3.05, 3.63) is 33.4 Å². The number of aromatic hydroxyl groups is 1. The first-order chi connectivity index (χ1) is 9.66. The van der Waals surface area contributed by atoms with Crippen LogP contribution in [0, 0.1) is 11.3 Å². The summed E-state index contributed by atoms with van der Waals surface area (Å²) in [5.41, 5.74) is 3.92. The Morgan fingerprint density at radius 2 is 1.81 bits per heavy atom. The molecule has 5 nitrogen and oxygen atoms in total. The topological polar surface area (TPSA) is 87.9 Å². The predicted octanol–water partition coefficient (Wildman–Crippen LogP) is 3.36. The Balaban J connectivity index is 2.70. The van der Waals surface area contributed by atoms with E-state index in [2.05, 4.69) is 5.10 Å². The summed E-state index contributed by atoms with van der Waals surface area (Å²) >= 11 is 11.6. The lowest BCUT2D eigenvalue weighted by atomic mass is 10.2. The van der Waals surface area contributed by atoms with Gasteiger partial charge in [-0.15, -0.1) is 0 Å². The molecule has 0 bridgehead atoms. The molecule has 0 atom stereocenters. The van der Waals surface area contributed by atoms with Gasteiger partial charge in [0.05, 0.1) is 15.6 Å². The molecule has 110 valence electrons. The Bertz CT molecular complexity index is 741. The Hall–Kier alpha value is -2.11. The van der Waals surface area contributed by atoms with Crippen LogP contribution in [0.15, 0.2) is 12.1 Å². The first kappa shape index (κ1) is 15.3. The molecule has 0 radical (unpaired) electrons. The van der Waals surface area contributed by atoms with Crippen molar-refractivity contribution in [3.8, 4) is 17.5 Å². The maximum Gasteiger partial charge on any atom is 0.416 e. The average Bonchev–Trinajstić information content (AvgIpc) is 2.65. The molecule has 1 aromatic carbocycles. The fourth-order valence-electron chi connectivity index (χ4n) is 1.60. The van der Waals surface area contributed by atoms with Crippen LogP contribution in [0.5, 0.6) is 5.75 Å². The van der Waals surface area contributed by atoms with Gasteiger partial charge in [-0.05, 0) is 12.1 Å². The molecule has 0 saturated carbocycles. The van der Waals surface area contributed by atoms with Crippen molar-refractivity contribution < 1.29 is 18.3 Å². The smallest absolute Gasteiger partial charge is 0.416 e. The van der Waals surface area contributed by atoms with Crippen molar-refractivity contribution in [2.45, 2.75) is 6.18 Å². The van der Waals surface area contributed by atoms with E-state index >= 15 is 0 Å². The molecule has 0 fully saturated rings. The Labute approximate surface area is 125 Å². The van der Waals surface area contributed by atoms with Crippen LogP contribution in [0.25, 0.3) is 5.69 Å². The fourth-order valence-corrected chi connectivity index (χ4v) is 2.25. The Morgan fingerprint density at radius 1 is 1.29 bits per heavy atom. The monoisotopic (exact) mass is 336 g/mol. The fraction of sp³-hybridized carbons (Fsp3) is 0.0909. The van der Waals surface area contributed by atoms with Crippen molar-refractivity contribution in [2.24, 2.45) is 0 Å². The second-order valence-corrected chi connectivity index (χ2v) is 4.71. The SMILES string of the molecule is N#Cc1nn(-c2c(Cl)cc(C(F)(F)F)cc2Cl)c(N)c1O. The van der Waals surface area contributed by atoms with Crippen LogP contribution in [-0.2, 0) is 6.18 Å². The molecule has 0 aliphatic carbocycles. The number of rotatable bonds is 1. The van der Waals surface area contributed by atoms with Crippen LogP contribution in [0.1, 0.15) is 11.3 Å². The number of nitrogens with two attached hydrogens (primary N) is 1. The number of nitrogens with zero attached hydrogens (tertiary/aromatic N) is 3. The number of hydrogen-bond donors (Lipinski definition) is 2. The zero-order valence-electron chi connectivity index (χ0n) is 9.91. The van der Waals surface area contributed by atoms with E-state index in [1.165, 1.54) is 0 Å². The molecule has 0 unspecified atom stereocenters. The minimum absolute atomic E-state index is 0.166. The normalized spacial score (nSPS) is 11.4. The van der Waals surface area contributed by atoms with Gasteiger partial charge >= 0.3 is 6.18 Å². The molecule has 0 aliphatic heterocycles. The van der Waals surface area contributed by atoms with E-state index in [-0.39, 0.29) is 21.6 Å². The zero-order chi connectivity index (χ0) is 15.9. The van der Waals surface area contributed by atoms with E-state index in [9.17, 15) is 18.3 Å². The highest BCUT2D eigenvalue weighted by molar-refractivity contribution is 6.38. The van der Waals surface area contributed by atoms with Gasteiger partial charge in [0, 0.05) is 0 Å². The van der Waals surface area contributed by atoms with Gasteiger partial charge in [-0.1, -0.05) is 23.2 Å². The summed E-state index contributed by atoms with van der Waals surface area (Å²) in [5, 5.41) is 21.2. The molecule has 0 amide bonds. The number of aromatic nitrogens is 2. The predicted molar refractivity (Wildman–Crippen MR) is 69.4 cm³/mol. The van der Waals surface area contributed by atoms with Crippen molar-refractivity contribution >= 4 is 29.0 Å². The zero-order valence-corrected chi connectivity index (χ0v) is 11.4. The standard InChI is InChI=1S/C11H5Cl2F3N4O/c12-5-1-4(11(14,15)16)2-6(13)8(5)20-10(18)9(21)7(3-17)19-20/h1-2,21H,18H2. The molecule has 21 heavy (non-hydrogen) atoms. The Morgan fingerprint density at radius 3 is 2.19 bits per heavy atom. The van der Waals surface area contributed by atoms with Gasteiger partial charge < -0.3 is 10.8 Å². The second-order valence-electron chi connectivity index (χ2n) is 3.89. The van der Waals surface area contributed by atoms with Crippen LogP contribution >= 0.6 is 23.2 Å². The lowest BCUT2D eigenvalue weighted by Crippen LogP contribution is -2.08. The van der Waals surface area contributed by atoms with Crippen molar-refractivity contribution in [1.29, 1.82) is 5.26 Å². The van der Waals surface area contributed by atoms with Crippen molar-refractivity contribution in [1.82, 2.24) is 9.78 Å². The van der Waals surface area contributed by atoms with Gasteiger partial charge in [0.15, 0.2) is 11.6 Å². The molecular formula is C11H5Cl2F3N4O. The molecule has 0 saturated heterocycles. The van der Waals surface area contributed by atoms with Gasteiger partial charge in [0.2, 0.25) is 5.69 Å². The van der Waals surface area contributed by atoms with E-state index in [1.807, 2.05) is 0 Å². The van der Waals surface area contributed by atoms with E-state index < -0.39 is 23.2 Å². The molecule has 0 spiro atoms. The summed E-state index contributed by atoms with van der Waals surface area (Å²) in [6.07, 6.45) is -4.62. The molecule has 0 aliphatic rings. The highest BCUT2D eigenvalue weighted by Gasteiger charge is 2.32. The minimum atomic E-state index is -4.62. The van der Waals surface area contributed by atoms with Gasteiger partial charge in [0.25, 0.3) is 0 Å². The van der Waals surface area contributed by atoms with Gasteiger partial charge in [-0.25, -0.2) is 4.68 Å². The first-order valence-corrected chi connectivity index (χ1v) is 5.96. The molecule has 10 heteroatoms. The largest absolute Gasteiger partial charge is 0.502 e. The van der Waals surface area contributed by atoms with Crippen LogP contribution in [-0.4, -0.2) is 14.9 Å². The molecule has 2 aromatic rings. The second kappa shape index (κ2) is 5.02. The number of nitrogen functional groups attached to an aromatic ring is 1. The summed E-state index contributed by atoms with van der Waals surface area (Å²) in [4.78, 5) is 0. The maximum absolute atomic E-state index is 12.6. The number of halogens is 5. The highest BCUT2D eigenvalue weighted by atomic mass is 35.5. The van der Waals surface area contributed by atoms with Crippen molar-refractivity contribution in [3.63, 3.8) is 0 Å². The van der Waals surface area contributed by atoms with Crippen LogP contribution in [0.2, 0.25) is 10.0 Å². The van der Waals surface area contributed by atoms with Gasteiger partial charge in [0.1, 0.15) is 11.8 Å². The summed E-state index contributed by atoms with van der Waals surface area (Å²) < 4.78 is 38.7. The third kappa shape index (κ3) is 2.57. The number of benzene rings is 1. The molecule has 1 aromatic heterocycles. The summed E-state index contributed by atoms with van der Waals surface area (Å²) in [5.74, 6) is -0.973. The molecule has 1 heterocycles. The summed E-state index contributed by atoms with van der Waals surface area (Å²) in [6, 6.07) is 2.86. The summed E-state index contributed by atoms with van der Waals surface area (Å²) in [7, 11) is 0. The van der Waals surface area contributed by atoms with Gasteiger partial charge in [-0.2, -0.15) is 23.5 Å². The van der Waals surface area contributed by atoms with Crippen molar-refractivity contribution in [2.75, 3.05) is 5.73 Å². The number of hydrogen-bond acceptors (Lipinski definition) is 4. The van der Waals surface area contributed by atoms with Crippen LogP contribution < -0.4 is 5.73 Å². The number of alkyl halides is 3. The van der Waals surface area contributed by atoms with Crippen LogP contribution in [0.3, 0.4) is 0 Å². The molecule has 2 rings (SSSR count). The third-order valence-corrected chi connectivity index (χ3v) is 3.13. The van der Waals surface area contributed by atoms with E-state index in [1.54, 1.807) is 6.07 Å². The minimum Gasteiger partial charge on any atom is -0.502 e. The van der Waals surface area contributed by atoms with E-state index in [0.29, 0.717) is 12.1 Å². The van der Waals surface area contributed by atoms with Crippen LogP contribution in [0.4, 0.5) is 19.0 Å². The number of anilines is 1. The Kier molecular flexibility index (Phi) is 3.65. The van der Waals surface area contributed by atoms with E-state index in [4.69, 9.17) is 34.2 Å². The molecular weight excluding hydrogens is 332 g/mol. The van der Waals surface area contributed by atoms with E-state index in [0.717, 1.165) is 4.68 Å².